The highest BCUT2D eigenvalue weighted by Gasteiger charge is 2.33. The quantitative estimate of drug-likeness (QED) is 0.408. The molecular formula is C25H24BrNO5S. The van der Waals surface area contributed by atoms with Gasteiger partial charge >= 0.3 is 5.97 Å². The third-order valence-electron chi connectivity index (χ3n) is 4.57. The van der Waals surface area contributed by atoms with Crippen LogP contribution in [0.5, 0.6) is 5.75 Å². The maximum atomic E-state index is 12.5. The Morgan fingerprint density at radius 2 is 1.85 bits per heavy atom. The standard InChI is InChI=1S/C25H24BrNO5S/c1-3-7-21(28)27-24-22(25(30)31-4-2)23(29)20(33-24)14-17-8-5-6-9-19(17)32-15-16-10-12-18(26)13-11-16/h5-6,8-14,29H,3-4,7,15H2,1-2H3/b20-14-,27-24?. The Kier molecular flexibility index (Phi) is 8.91. The van der Waals surface area contributed by atoms with Crippen LogP contribution in [0.25, 0.3) is 6.08 Å². The largest absolute Gasteiger partial charge is 0.506 e. The van der Waals surface area contributed by atoms with Gasteiger partial charge in [0.15, 0.2) is 0 Å². The summed E-state index contributed by atoms with van der Waals surface area (Å²) in [6.07, 6.45) is 2.60. The zero-order valence-corrected chi connectivity index (χ0v) is 20.7. The molecule has 0 saturated carbocycles. The Labute approximate surface area is 205 Å². The van der Waals surface area contributed by atoms with Gasteiger partial charge in [0, 0.05) is 16.5 Å². The first-order valence-corrected chi connectivity index (χ1v) is 12.1. The van der Waals surface area contributed by atoms with Crippen LogP contribution in [0.2, 0.25) is 0 Å². The number of carbonyl (C=O) groups is 2. The molecule has 1 aliphatic rings. The molecular weight excluding hydrogens is 506 g/mol. The van der Waals surface area contributed by atoms with Gasteiger partial charge < -0.3 is 14.6 Å². The van der Waals surface area contributed by atoms with Crippen LogP contribution in [0.1, 0.15) is 37.8 Å². The Morgan fingerprint density at radius 3 is 2.55 bits per heavy atom. The predicted octanol–water partition coefficient (Wildman–Crippen LogP) is 6.22. The van der Waals surface area contributed by atoms with Gasteiger partial charge in [0.25, 0.3) is 0 Å². The highest BCUT2D eigenvalue weighted by atomic mass is 79.9. The molecule has 33 heavy (non-hydrogen) atoms. The highest BCUT2D eigenvalue weighted by molar-refractivity contribution is 9.10. The van der Waals surface area contributed by atoms with Crippen molar-refractivity contribution in [3.8, 4) is 5.75 Å². The van der Waals surface area contributed by atoms with Crippen molar-refractivity contribution in [3.63, 3.8) is 0 Å². The SMILES string of the molecule is CCCC(=O)N=C1S/C(=C\c2ccccc2OCc2ccc(Br)cc2)C(O)=C1C(=O)OCC. The first kappa shape index (κ1) is 24.8. The monoisotopic (exact) mass is 529 g/mol. The zero-order chi connectivity index (χ0) is 23.8. The number of aliphatic hydroxyl groups is 1. The van der Waals surface area contributed by atoms with Crippen LogP contribution in [0, 0.1) is 0 Å². The molecule has 1 aliphatic heterocycles. The van der Waals surface area contributed by atoms with Crippen molar-refractivity contribution in [1.29, 1.82) is 0 Å². The molecule has 0 saturated heterocycles. The second-order valence-electron chi connectivity index (χ2n) is 7.07. The van der Waals surface area contributed by atoms with Crippen molar-refractivity contribution < 1.29 is 24.2 Å². The van der Waals surface area contributed by atoms with E-state index in [1.165, 1.54) is 0 Å². The van der Waals surface area contributed by atoms with Gasteiger partial charge in [-0.05, 0) is 43.2 Å². The number of benzene rings is 2. The number of para-hydroxylation sites is 1. The van der Waals surface area contributed by atoms with Crippen LogP contribution in [-0.4, -0.2) is 28.6 Å². The van der Waals surface area contributed by atoms with Gasteiger partial charge in [0.2, 0.25) is 5.91 Å². The number of rotatable bonds is 8. The first-order chi connectivity index (χ1) is 15.9. The fraction of sp³-hybridized carbons (Fsp3) is 0.240. The lowest BCUT2D eigenvalue weighted by Gasteiger charge is -2.10. The summed E-state index contributed by atoms with van der Waals surface area (Å²) in [7, 11) is 0. The molecule has 0 aliphatic carbocycles. The molecule has 0 bridgehead atoms. The molecule has 2 aromatic carbocycles. The molecule has 0 fully saturated rings. The average molecular weight is 530 g/mol. The molecule has 0 unspecified atom stereocenters. The van der Waals surface area contributed by atoms with Crippen LogP contribution < -0.4 is 4.74 Å². The molecule has 0 radical (unpaired) electrons. The van der Waals surface area contributed by atoms with Crippen molar-refractivity contribution in [2.45, 2.75) is 33.3 Å². The van der Waals surface area contributed by atoms with Crippen molar-refractivity contribution in [3.05, 3.63) is 80.4 Å². The topological polar surface area (TPSA) is 85.2 Å². The van der Waals surface area contributed by atoms with Gasteiger partial charge in [-0.25, -0.2) is 9.79 Å². The minimum absolute atomic E-state index is 0.0918. The van der Waals surface area contributed by atoms with E-state index in [0.717, 1.165) is 21.8 Å². The Morgan fingerprint density at radius 1 is 1.12 bits per heavy atom. The number of aliphatic imine (C=N–C) groups is 1. The van der Waals surface area contributed by atoms with Gasteiger partial charge in [0.05, 0.1) is 11.5 Å². The number of nitrogens with zero attached hydrogens (tertiary/aromatic N) is 1. The lowest BCUT2D eigenvalue weighted by atomic mass is 10.1. The third-order valence-corrected chi connectivity index (χ3v) is 6.12. The second kappa shape index (κ2) is 11.9. The summed E-state index contributed by atoms with van der Waals surface area (Å²) in [5.74, 6) is -0.710. The first-order valence-electron chi connectivity index (χ1n) is 10.5. The van der Waals surface area contributed by atoms with E-state index in [9.17, 15) is 14.7 Å². The number of amides is 1. The van der Waals surface area contributed by atoms with Crippen molar-refractivity contribution >= 4 is 50.7 Å². The van der Waals surface area contributed by atoms with E-state index >= 15 is 0 Å². The zero-order valence-electron chi connectivity index (χ0n) is 18.3. The maximum Gasteiger partial charge on any atom is 0.344 e. The number of hydrogen-bond acceptors (Lipinski definition) is 6. The Bertz CT molecular complexity index is 1120. The molecule has 6 nitrogen and oxygen atoms in total. The minimum atomic E-state index is -0.714. The smallest absolute Gasteiger partial charge is 0.344 e. The van der Waals surface area contributed by atoms with E-state index in [1.54, 1.807) is 13.0 Å². The molecule has 2 aromatic rings. The van der Waals surface area contributed by atoms with E-state index < -0.39 is 5.97 Å². The Hall–Kier alpha value is -2.84. The summed E-state index contributed by atoms with van der Waals surface area (Å²) < 4.78 is 12.1. The average Bonchev–Trinajstić information content (AvgIpc) is 3.09. The lowest BCUT2D eigenvalue weighted by molar-refractivity contribution is -0.138. The minimum Gasteiger partial charge on any atom is -0.506 e. The molecule has 172 valence electrons. The number of halogens is 1. The van der Waals surface area contributed by atoms with E-state index in [2.05, 4.69) is 20.9 Å². The normalized spacial score (nSPS) is 15.8. The van der Waals surface area contributed by atoms with Gasteiger partial charge in [-0.3, -0.25) is 4.79 Å². The van der Waals surface area contributed by atoms with E-state index in [0.29, 0.717) is 29.2 Å². The van der Waals surface area contributed by atoms with Crippen LogP contribution in [0.15, 0.2) is 74.2 Å². The summed E-state index contributed by atoms with van der Waals surface area (Å²) in [6, 6.07) is 15.2. The van der Waals surface area contributed by atoms with Crippen molar-refractivity contribution in [2.75, 3.05) is 6.61 Å². The molecule has 8 heteroatoms. The van der Waals surface area contributed by atoms with Crippen LogP contribution in [0.3, 0.4) is 0 Å². The van der Waals surface area contributed by atoms with Gasteiger partial charge in [-0.2, -0.15) is 0 Å². The summed E-state index contributed by atoms with van der Waals surface area (Å²) >= 11 is 4.48. The molecule has 3 rings (SSSR count). The molecule has 0 spiro atoms. The van der Waals surface area contributed by atoms with E-state index in [1.807, 2.05) is 55.5 Å². The fourth-order valence-corrected chi connectivity index (χ4v) is 4.28. The molecule has 0 atom stereocenters. The van der Waals surface area contributed by atoms with E-state index in [-0.39, 0.29) is 35.3 Å². The van der Waals surface area contributed by atoms with Gasteiger partial charge in [0.1, 0.15) is 28.7 Å². The maximum absolute atomic E-state index is 12.5. The van der Waals surface area contributed by atoms with Crippen LogP contribution in [0.4, 0.5) is 0 Å². The fourth-order valence-electron chi connectivity index (χ4n) is 2.99. The van der Waals surface area contributed by atoms with Crippen LogP contribution in [-0.2, 0) is 20.9 Å². The highest BCUT2D eigenvalue weighted by Crippen LogP contribution is 2.40. The molecule has 1 amide bonds. The molecule has 1 heterocycles. The van der Waals surface area contributed by atoms with Crippen molar-refractivity contribution in [1.82, 2.24) is 0 Å². The van der Waals surface area contributed by atoms with E-state index in [4.69, 9.17) is 9.47 Å². The number of esters is 1. The number of aliphatic hydroxyl groups excluding tert-OH is 1. The van der Waals surface area contributed by atoms with Gasteiger partial charge in [-0.1, -0.05) is 64.9 Å². The number of carbonyl (C=O) groups excluding carboxylic acids is 2. The van der Waals surface area contributed by atoms with Crippen molar-refractivity contribution in [2.24, 2.45) is 4.99 Å². The predicted molar refractivity (Wildman–Crippen MR) is 134 cm³/mol. The second-order valence-corrected chi connectivity index (χ2v) is 9.01. The number of thioether (sulfide) groups is 1. The number of hydrogen-bond donors (Lipinski definition) is 1. The van der Waals surface area contributed by atoms with Crippen LogP contribution >= 0.6 is 27.7 Å². The lowest BCUT2D eigenvalue weighted by Crippen LogP contribution is -2.14. The summed E-state index contributed by atoms with van der Waals surface area (Å²) in [4.78, 5) is 29.0. The van der Waals surface area contributed by atoms with Gasteiger partial charge in [-0.15, -0.1) is 0 Å². The number of ether oxygens (including phenoxy) is 2. The Balaban J connectivity index is 1.91. The third kappa shape index (κ3) is 6.58. The summed E-state index contributed by atoms with van der Waals surface area (Å²) in [6.45, 7) is 4.05. The summed E-state index contributed by atoms with van der Waals surface area (Å²) in [5.41, 5.74) is 1.63. The summed E-state index contributed by atoms with van der Waals surface area (Å²) in [5, 5.41) is 10.9. The molecule has 0 aromatic heterocycles. The molecule has 1 N–H and O–H groups in total.